The first kappa shape index (κ1) is 14.0. The van der Waals surface area contributed by atoms with Crippen LogP contribution >= 0.6 is 0 Å². The summed E-state index contributed by atoms with van der Waals surface area (Å²) < 4.78 is 14.7. The number of aromatic nitrogens is 2. The maximum Gasteiger partial charge on any atom is 0.138 e. The van der Waals surface area contributed by atoms with Gasteiger partial charge < -0.3 is 16.0 Å². The highest BCUT2D eigenvalue weighted by molar-refractivity contribution is 6.01. The minimum absolute atomic E-state index is 0.323. The molecule has 4 N–H and O–H groups in total. The first-order valence-electron chi connectivity index (χ1n) is 8.10. The van der Waals surface area contributed by atoms with E-state index >= 15 is 0 Å². The number of hydrogen-bond donors (Lipinski definition) is 3. The van der Waals surface area contributed by atoms with Crippen molar-refractivity contribution in [2.75, 3.05) is 11.1 Å². The summed E-state index contributed by atoms with van der Waals surface area (Å²) in [6.45, 7) is 0. The second-order valence-corrected chi connectivity index (χ2v) is 6.19. The van der Waals surface area contributed by atoms with Crippen molar-refractivity contribution < 1.29 is 4.39 Å². The van der Waals surface area contributed by atoms with E-state index in [0.717, 1.165) is 33.4 Å². The monoisotopic (exact) mass is 330 g/mol. The van der Waals surface area contributed by atoms with Crippen molar-refractivity contribution in [1.82, 2.24) is 9.97 Å². The van der Waals surface area contributed by atoms with Crippen molar-refractivity contribution in [3.05, 3.63) is 77.9 Å². The number of H-pyrrole nitrogens is 1. The van der Waals surface area contributed by atoms with Gasteiger partial charge in [0, 0.05) is 45.8 Å². The molecule has 0 spiro atoms. The lowest BCUT2D eigenvalue weighted by Crippen LogP contribution is -2.15. The van der Waals surface area contributed by atoms with Crippen LogP contribution in [0.1, 0.15) is 17.2 Å². The Bertz CT molecular complexity index is 1100. The maximum absolute atomic E-state index is 14.7. The molecule has 1 aliphatic heterocycles. The van der Waals surface area contributed by atoms with Crippen LogP contribution in [0.4, 0.5) is 15.8 Å². The van der Waals surface area contributed by atoms with Gasteiger partial charge in [-0.2, -0.15) is 0 Å². The maximum atomic E-state index is 14.7. The molecule has 0 radical (unpaired) electrons. The number of hydrogen-bond acceptors (Lipinski definition) is 3. The predicted octanol–water partition coefficient (Wildman–Crippen LogP) is 4.47. The van der Waals surface area contributed by atoms with E-state index in [0.29, 0.717) is 11.3 Å². The molecule has 0 saturated heterocycles. The molecule has 3 heterocycles. The number of aromatic amines is 1. The van der Waals surface area contributed by atoms with E-state index in [1.807, 2.05) is 30.5 Å². The van der Waals surface area contributed by atoms with Gasteiger partial charge in [-0.3, -0.25) is 0 Å². The number of para-hydroxylation sites is 1. The quantitative estimate of drug-likeness (QED) is 0.451. The highest BCUT2D eigenvalue weighted by Gasteiger charge is 2.28. The lowest BCUT2D eigenvalue weighted by molar-refractivity contribution is 0.606. The molecule has 4 aromatic rings. The molecule has 0 aliphatic carbocycles. The number of nitrogen functional groups attached to an aromatic ring is 1. The molecule has 1 atom stereocenters. The van der Waals surface area contributed by atoms with Crippen LogP contribution in [0.25, 0.3) is 22.2 Å². The topological polar surface area (TPSA) is 66.7 Å². The Kier molecular flexibility index (Phi) is 2.85. The number of nitrogens with zero attached hydrogens (tertiary/aromatic N) is 1. The molecule has 1 unspecified atom stereocenters. The van der Waals surface area contributed by atoms with Gasteiger partial charge in [-0.1, -0.05) is 24.3 Å². The van der Waals surface area contributed by atoms with Gasteiger partial charge in [-0.25, -0.2) is 9.37 Å². The summed E-state index contributed by atoms with van der Waals surface area (Å²) in [5, 5.41) is 4.48. The molecular formula is C20H15FN4. The minimum Gasteiger partial charge on any atom is -0.398 e. The fourth-order valence-electron chi connectivity index (χ4n) is 3.70. The fourth-order valence-corrected chi connectivity index (χ4v) is 3.70. The molecule has 0 amide bonds. The molecule has 0 bridgehead atoms. The normalized spacial score (nSPS) is 15.5. The Morgan fingerprint density at radius 3 is 2.76 bits per heavy atom. The first-order chi connectivity index (χ1) is 12.2. The number of nitrogens with one attached hydrogen (secondary N) is 2. The summed E-state index contributed by atoms with van der Waals surface area (Å²) in [6.07, 6.45) is 3.67. The Labute approximate surface area is 143 Å². The third-order valence-electron chi connectivity index (χ3n) is 4.81. The van der Waals surface area contributed by atoms with Crippen molar-refractivity contribution >= 4 is 22.4 Å². The van der Waals surface area contributed by atoms with Crippen molar-refractivity contribution in [3.8, 4) is 11.1 Å². The number of fused-ring (bicyclic) bond motifs is 2. The van der Waals surface area contributed by atoms with Gasteiger partial charge in [0.05, 0.1) is 6.04 Å². The van der Waals surface area contributed by atoms with E-state index in [9.17, 15) is 4.39 Å². The summed E-state index contributed by atoms with van der Waals surface area (Å²) in [7, 11) is 0. The molecule has 5 heteroatoms. The zero-order valence-corrected chi connectivity index (χ0v) is 13.3. The Morgan fingerprint density at radius 2 is 1.88 bits per heavy atom. The molecule has 2 aromatic heterocycles. The average molecular weight is 330 g/mol. The van der Waals surface area contributed by atoms with Gasteiger partial charge in [-0.15, -0.1) is 0 Å². The Balaban J connectivity index is 1.88. The molecule has 4 nitrogen and oxygen atoms in total. The SMILES string of the molecule is Nc1cccc(F)c1C1Nc2ccccc2-c2ccnc3[nH]cc1c23. The Hall–Kier alpha value is -3.34. The largest absolute Gasteiger partial charge is 0.398 e. The zero-order valence-electron chi connectivity index (χ0n) is 13.3. The highest BCUT2D eigenvalue weighted by Crippen LogP contribution is 2.44. The predicted molar refractivity (Wildman–Crippen MR) is 97.8 cm³/mol. The van der Waals surface area contributed by atoms with E-state index in [1.54, 1.807) is 18.3 Å². The highest BCUT2D eigenvalue weighted by atomic mass is 19.1. The second kappa shape index (κ2) is 5.08. The number of nitrogens with two attached hydrogens (primary N) is 1. The number of anilines is 2. The molecule has 1 aliphatic rings. The van der Waals surface area contributed by atoms with Crippen molar-refractivity contribution in [3.63, 3.8) is 0 Å². The molecule has 122 valence electrons. The van der Waals surface area contributed by atoms with Gasteiger partial charge in [-0.05, 0) is 29.8 Å². The zero-order chi connectivity index (χ0) is 17.0. The Morgan fingerprint density at radius 1 is 1.00 bits per heavy atom. The van der Waals surface area contributed by atoms with E-state index in [4.69, 9.17) is 5.73 Å². The van der Waals surface area contributed by atoms with Crippen molar-refractivity contribution in [1.29, 1.82) is 0 Å². The van der Waals surface area contributed by atoms with Crippen LogP contribution in [0.15, 0.2) is 60.9 Å². The van der Waals surface area contributed by atoms with Gasteiger partial charge >= 0.3 is 0 Å². The molecule has 2 aromatic carbocycles. The van der Waals surface area contributed by atoms with Gasteiger partial charge in [0.1, 0.15) is 11.5 Å². The third-order valence-corrected chi connectivity index (χ3v) is 4.81. The van der Waals surface area contributed by atoms with Crippen LogP contribution in [0.3, 0.4) is 0 Å². The van der Waals surface area contributed by atoms with Crippen molar-refractivity contribution in [2.45, 2.75) is 6.04 Å². The van der Waals surface area contributed by atoms with Crippen LogP contribution < -0.4 is 11.1 Å². The van der Waals surface area contributed by atoms with Crippen LogP contribution in [0.5, 0.6) is 0 Å². The van der Waals surface area contributed by atoms with Gasteiger partial charge in [0.25, 0.3) is 0 Å². The standard InChI is InChI=1S/C20H15FN4/c21-14-5-3-6-15(22)18(14)19-13-10-24-20-17(13)12(8-9-23-20)11-4-1-2-7-16(11)25-19/h1-10,19,25H,22H2,(H,23,24). The summed E-state index contributed by atoms with van der Waals surface area (Å²) in [5.41, 5.74) is 11.8. The lowest BCUT2D eigenvalue weighted by atomic mass is 9.95. The van der Waals surface area contributed by atoms with Gasteiger partial charge in [0.2, 0.25) is 0 Å². The minimum atomic E-state index is -0.401. The number of benzene rings is 2. The number of halogens is 1. The smallest absolute Gasteiger partial charge is 0.138 e. The average Bonchev–Trinajstić information content (AvgIpc) is 2.99. The van der Waals surface area contributed by atoms with E-state index < -0.39 is 6.04 Å². The molecule has 25 heavy (non-hydrogen) atoms. The summed E-state index contributed by atoms with van der Waals surface area (Å²) in [5.74, 6) is -0.323. The fraction of sp³-hybridized carbons (Fsp3) is 0.0500. The summed E-state index contributed by atoms with van der Waals surface area (Å²) >= 11 is 0. The van der Waals surface area contributed by atoms with Gasteiger partial charge in [0.15, 0.2) is 0 Å². The molecular weight excluding hydrogens is 315 g/mol. The van der Waals surface area contributed by atoms with E-state index in [-0.39, 0.29) is 5.82 Å². The van der Waals surface area contributed by atoms with Crippen LogP contribution in [0, 0.1) is 5.82 Å². The summed E-state index contributed by atoms with van der Waals surface area (Å²) in [4.78, 5) is 7.63. The molecule has 0 fully saturated rings. The van der Waals surface area contributed by atoms with Crippen LogP contribution in [-0.2, 0) is 0 Å². The molecule has 0 saturated carbocycles. The van der Waals surface area contributed by atoms with E-state index in [1.165, 1.54) is 6.07 Å². The number of rotatable bonds is 1. The third kappa shape index (κ3) is 1.96. The van der Waals surface area contributed by atoms with Crippen LogP contribution in [-0.4, -0.2) is 9.97 Å². The van der Waals surface area contributed by atoms with E-state index in [2.05, 4.69) is 21.4 Å². The molecule has 5 rings (SSSR count). The first-order valence-corrected chi connectivity index (χ1v) is 8.10. The van der Waals surface area contributed by atoms with Crippen molar-refractivity contribution in [2.24, 2.45) is 0 Å². The lowest BCUT2D eigenvalue weighted by Gasteiger charge is -2.21. The van der Waals surface area contributed by atoms with Crippen LogP contribution in [0.2, 0.25) is 0 Å². The second-order valence-electron chi connectivity index (χ2n) is 6.19. The summed E-state index contributed by atoms with van der Waals surface area (Å²) in [6, 6.07) is 14.4. The number of pyridine rings is 1.